The molecule has 0 N–H and O–H groups in total. The van der Waals surface area contributed by atoms with Crippen molar-refractivity contribution in [3.8, 4) is 0 Å². The lowest BCUT2D eigenvalue weighted by molar-refractivity contribution is -0.511. The third kappa shape index (κ3) is 5.08. The minimum Gasteiger partial charge on any atom is -0.464 e. The summed E-state index contributed by atoms with van der Waals surface area (Å²) >= 11 is 0. The SMILES string of the molecule is C=CCOC(=O)CCC(C(=O)OC)[N+](=O)[O-]. The summed E-state index contributed by atoms with van der Waals surface area (Å²) in [5, 5.41) is 10.5. The number of ether oxygens (including phenoxy) is 2. The van der Waals surface area contributed by atoms with Crippen molar-refractivity contribution in [1.82, 2.24) is 0 Å². The van der Waals surface area contributed by atoms with E-state index in [0.29, 0.717) is 0 Å². The summed E-state index contributed by atoms with van der Waals surface area (Å²) in [5.41, 5.74) is 0. The van der Waals surface area contributed by atoms with E-state index >= 15 is 0 Å². The molecule has 7 heteroatoms. The van der Waals surface area contributed by atoms with Crippen LogP contribution in [0.4, 0.5) is 0 Å². The Kier molecular flexibility index (Phi) is 6.50. The van der Waals surface area contributed by atoms with Gasteiger partial charge in [-0.25, -0.2) is 4.79 Å². The summed E-state index contributed by atoms with van der Waals surface area (Å²) in [4.78, 5) is 31.6. The lowest BCUT2D eigenvalue weighted by atomic mass is 10.2. The van der Waals surface area contributed by atoms with Gasteiger partial charge in [-0.3, -0.25) is 14.9 Å². The van der Waals surface area contributed by atoms with Crippen molar-refractivity contribution in [2.75, 3.05) is 13.7 Å². The van der Waals surface area contributed by atoms with Crippen molar-refractivity contribution in [3.05, 3.63) is 22.8 Å². The van der Waals surface area contributed by atoms with Crippen molar-refractivity contribution in [1.29, 1.82) is 0 Å². The summed E-state index contributed by atoms with van der Waals surface area (Å²) in [6, 6.07) is -1.53. The molecule has 0 aliphatic heterocycles. The fourth-order valence-electron chi connectivity index (χ4n) is 0.924. The fourth-order valence-corrected chi connectivity index (χ4v) is 0.924. The number of hydrogen-bond acceptors (Lipinski definition) is 6. The first-order chi connectivity index (χ1) is 7.52. The summed E-state index contributed by atoms with van der Waals surface area (Å²) in [5.74, 6) is -1.59. The second-order valence-corrected chi connectivity index (χ2v) is 2.83. The number of carbonyl (C=O) groups excluding carboxylic acids is 2. The molecule has 0 bridgehead atoms. The predicted molar refractivity (Wildman–Crippen MR) is 53.2 cm³/mol. The Bertz CT molecular complexity index is 288. The molecule has 0 aromatic heterocycles. The van der Waals surface area contributed by atoms with E-state index in [1.54, 1.807) is 0 Å². The van der Waals surface area contributed by atoms with Gasteiger partial charge in [0.25, 0.3) is 0 Å². The molecule has 0 saturated heterocycles. The van der Waals surface area contributed by atoms with Gasteiger partial charge in [0.1, 0.15) is 6.61 Å². The molecule has 16 heavy (non-hydrogen) atoms. The molecule has 0 saturated carbocycles. The van der Waals surface area contributed by atoms with Crippen molar-refractivity contribution < 1.29 is 24.0 Å². The van der Waals surface area contributed by atoms with Crippen molar-refractivity contribution >= 4 is 11.9 Å². The van der Waals surface area contributed by atoms with E-state index in [1.165, 1.54) is 6.08 Å². The van der Waals surface area contributed by atoms with Crippen LogP contribution in [0.15, 0.2) is 12.7 Å². The van der Waals surface area contributed by atoms with Crippen LogP contribution in [0.1, 0.15) is 12.8 Å². The smallest absolute Gasteiger partial charge is 0.381 e. The molecule has 0 heterocycles. The van der Waals surface area contributed by atoms with Crippen molar-refractivity contribution in [2.45, 2.75) is 18.9 Å². The van der Waals surface area contributed by atoms with Crippen LogP contribution in [0.25, 0.3) is 0 Å². The fraction of sp³-hybridized carbons (Fsp3) is 0.556. The molecule has 1 unspecified atom stereocenters. The minimum atomic E-state index is -1.53. The van der Waals surface area contributed by atoms with E-state index in [9.17, 15) is 19.7 Å². The average molecular weight is 231 g/mol. The Morgan fingerprint density at radius 1 is 1.56 bits per heavy atom. The van der Waals surface area contributed by atoms with Gasteiger partial charge in [0.15, 0.2) is 0 Å². The maximum atomic E-state index is 11.0. The van der Waals surface area contributed by atoms with E-state index in [-0.39, 0.29) is 19.4 Å². The summed E-state index contributed by atoms with van der Waals surface area (Å²) in [6.07, 6.45) is 0.924. The minimum absolute atomic E-state index is 0.0419. The Labute approximate surface area is 92.2 Å². The summed E-state index contributed by atoms with van der Waals surface area (Å²) in [7, 11) is 1.05. The molecule has 0 aromatic carbocycles. The van der Waals surface area contributed by atoms with Gasteiger partial charge in [0.2, 0.25) is 0 Å². The molecule has 90 valence electrons. The molecule has 0 aliphatic carbocycles. The molecule has 0 fully saturated rings. The van der Waals surface area contributed by atoms with Gasteiger partial charge in [0.05, 0.1) is 13.5 Å². The highest BCUT2D eigenvalue weighted by atomic mass is 16.6. The van der Waals surface area contributed by atoms with Crippen LogP contribution in [0.3, 0.4) is 0 Å². The second-order valence-electron chi connectivity index (χ2n) is 2.83. The highest BCUT2D eigenvalue weighted by molar-refractivity contribution is 5.76. The molecule has 0 rings (SSSR count). The number of methoxy groups -OCH3 is 1. The Hall–Kier alpha value is -1.92. The third-order valence-electron chi connectivity index (χ3n) is 1.71. The van der Waals surface area contributed by atoms with Crippen LogP contribution < -0.4 is 0 Å². The Morgan fingerprint density at radius 2 is 2.19 bits per heavy atom. The van der Waals surface area contributed by atoms with Gasteiger partial charge in [-0.15, -0.1) is 0 Å². The lowest BCUT2D eigenvalue weighted by Crippen LogP contribution is -2.31. The van der Waals surface area contributed by atoms with E-state index in [2.05, 4.69) is 16.1 Å². The first-order valence-electron chi connectivity index (χ1n) is 4.50. The third-order valence-corrected chi connectivity index (χ3v) is 1.71. The van der Waals surface area contributed by atoms with Crippen LogP contribution in [-0.2, 0) is 19.1 Å². The average Bonchev–Trinajstić information content (AvgIpc) is 2.25. The molecule has 0 amide bonds. The van der Waals surface area contributed by atoms with E-state index in [1.807, 2.05) is 0 Å². The topological polar surface area (TPSA) is 95.7 Å². The number of carbonyl (C=O) groups is 2. The van der Waals surface area contributed by atoms with Gasteiger partial charge in [-0.05, 0) is 0 Å². The van der Waals surface area contributed by atoms with Gasteiger partial charge < -0.3 is 9.47 Å². The van der Waals surface area contributed by atoms with E-state index < -0.39 is 22.9 Å². The maximum Gasteiger partial charge on any atom is 0.381 e. The van der Waals surface area contributed by atoms with Crippen LogP contribution in [0, 0.1) is 10.1 Å². The first kappa shape index (κ1) is 14.1. The predicted octanol–water partition coefficient (Wildman–Crippen LogP) is 0.314. The largest absolute Gasteiger partial charge is 0.464 e. The highest BCUT2D eigenvalue weighted by Gasteiger charge is 2.31. The van der Waals surface area contributed by atoms with Gasteiger partial charge in [0, 0.05) is 11.3 Å². The van der Waals surface area contributed by atoms with Crippen LogP contribution in [0.5, 0.6) is 0 Å². The van der Waals surface area contributed by atoms with E-state index in [0.717, 1.165) is 7.11 Å². The molecule has 1 atom stereocenters. The zero-order valence-corrected chi connectivity index (χ0v) is 8.88. The highest BCUT2D eigenvalue weighted by Crippen LogP contribution is 2.04. The van der Waals surface area contributed by atoms with Crippen LogP contribution >= 0.6 is 0 Å². The van der Waals surface area contributed by atoms with Gasteiger partial charge in [-0.1, -0.05) is 12.7 Å². The quantitative estimate of drug-likeness (QED) is 0.271. The molecule has 7 nitrogen and oxygen atoms in total. The Morgan fingerprint density at radius 3 is 2.62 bits per heavy atom. The number of nitrogens with zero attached hydrogens (tertiary/aromatic N) is 1. The second kappa shape index (κ2) is 7.38. The van der Waals surface area contributed by atoms with Crippen molar-refractivity contribution in [2.24, 2.45) is 0 Å². The van der Waals surface area contributed by atoms with Gasteiger partial charge >= 0.3 is 18.0 Å². The van der Waals surface area contributed by atoms with Crippen LogP contribution in [0.2, 0.25) is 0 Å². The van der Waals surface area contributed by atoms with Gasteiger partial charge in [-0.2, -0.15) is 0 Å². The summed E-state index contributed by atoms with van der Waals surface area (Å²) < 4.78 is 8.84. The zero-order chi connectivity index (χ0) is 12.6. The number of nitro groups is 1. The molecule has 0 radical (unpaired) electrons. The molecular weight excluding hydrogens is 218 g/mol. The summed E-state index contributed by atoms with van der Waals surface area (Å²) in [6.45, 7) is 3.38. The lowest BCUT2D eigenvalue weighted by Gasteiger charge is -2.06. The molecule has 0 aliphatic rings. The maximum absolute atomic E-state index is 11.0. The van der Waals surface area contributed by atoms with Crippen molar-refractivity contribution in [3.63, 3.8) is 0 Å². The number of rotatable bonds is 7. The molecule has 0 aromatic rings. The first-order valence-corrected chi connectivity index (χ1v) is 4.50. The molecular formula is C9H13NO6. The number of hydrogen-bond donors (Lipinski definition) is 0. The standard InChI is InChI=1S/C9H13NO6/c1-3-6-16-8(11)5-4-7(10(13)14)9(12)15-2/h3,7H,1,4-6H2,2H3. The number of esters is 2. The zero-order valence-electron chi connectivity index (χ0n) is 8.88. The van der Waals surface area contributed by atoms with Crippen LogP contribution in [-0.4, -0.2) is 36.6 Å². The Balaban J connectivity index is 4.12. The normalized spacial score (nSPS) is 11.3. The monoisotopic (exact) mass is 231 g/mol. The molecule has 0 spiro atoms. The van der Waals surface area contributed by atoms with E-state index in [4.69, 9.17) is 0 Å².